The molecule has 0 unspecified atom stereocenters. The molecule has 20 heavy (non-hydrogen) atoms. The number of alkyl halides is 3. The highest BCUT2D eigenvalue weighted by Crippen LogP contribution is 2.44. The third-order valence-corrected chi connectivity index (χ3v) is 3.11. The van der Waals surface area contributed by atoms with Gasteiger partial charge in [0.2, 0.25) is 5.88 Å². The Kier molecular flexibility index (Phi) is 5.77. The third kappa shape index (κ3) is 4.65. The molecule has 0 N–H and O–H groups in total. The fourth-order valence-corrected chi connectivity index (χ4v) is 2.10. The lowest BCUT2D eigenvalue weighted by atomic mass is 9.75. The Morgan fingerprint density at radius 1 is 1.20 bits per heavy atom. The van der Waals surface area contributed by atoms with E-state index in [-0.39, 0.29) is 18.8 Å². The van der Waals surface area contributed by atoms with Crippen LogP contribution >= 0.6 is 0 Å². The van der Waals surface area contributed by atoms with Gasteiger partial charge >= 0.3 is 6.18 Å². The fourth-order valence-electron chi connectivity index (χ4n) is 2.10. The molecule has 0 aromatic carbocycles. The molecule has 1 heterocycles. The Morgan fingerprint density at radius 2 is 1.80 bits per heavy atom. The number of hydrogen-bond donors (Lipinski definition) is 0. The van der Waals surface area contributed by atoms with Gasteiger partial charge in [-0.3, -0.25) is 0 Å². The topological polar surface area (TPSA) is 35.0 Å². The standard InChI is InChI=1S/C12H15F3N2O.C2H6/c1-7-3-11(17-8(2)16-7)18-6-9-4-10(5-9)12(13,14)15;1-2/h3,9-10H,4-6H2,1-2H3;1-2H3. The molecule has 3 nitrogen and oxygen atoms in total. The van der Waals surface area contributed by atoms with Gasteiger partial charge in [-0.1, -0.05) is 13.8 Å². The van der Waals surface area contributed by atoms with Crippen molar-refractivity contribution in [1.82, 2.24) is 9.97 Å². The van der Waals surface area contributed by atoms with Crippen LogP contribution in [-0.2, 0) is 0 Å². The normalized spacial score (nSPS) is 21.6. The second-order valence-corrected chi connectivity index (χ2v) is 4.78. The summed E-state index contributed by atoms with van der Waals surface area (Å²) in [5.74, 6) is -0.130. The lowest BCUT2D eigenvalue weighted by molar-refractivity contribution is -0.206. The highest BCUT2D eigenvalue weighted by molar-refractivity contribution is 5.14. The van der Waals surface area contributed by atoms with Crippen molar-refractivity contribution >= 4 is 0 Å². The lowest BCUT2D eigenvalue weighted by Crippen LogP contribution is -2.38. The van der Waals surface area contributed by atoms with Gasteiger partial charge in [-0.15, -0.1) is 0 Å². The first-order valence-corrected chi connectivity index (χ1v) is 6.86. The minimum atomic E-state index is -4.06. The van der Waals surface area contributed by atoms with Crippen LogP contribution < -0.4 is 4.74 Å². The van der Waals surface area contributed by atoms with E-state index in [4.69, 9.17) is 4.74 Å². The van der Waals surface area contributed by atoms with E-state index in [1.165, 1.54) is 0 Å². The third-order valence-electron chi connectivity index (χ3n) is 3.11. The van der Waals surface area contributed by atoms with Gasteiger partial charge < -0.3 is 4.74 Å². The summed E-state index contributed by atoms with van der Waals surface area (Å²) in [4.78, 5) is 8.18. The SMILES string of the molecule is CC.Cc1cc(OCC2CC(C(F)(F)F)C2)nc(C)n1. The molecule has 0 amide bonds. The Labute approximate surface area is 117 Å². The van der Waals surface area contributed by atoms with Gasteiger partial charge in [-0.2, -0.15) is 18.2 Å². The molecule has 0 bridgehead atoms. The Bertz CT molecular complexity index is 409. The molecule has 1 aliphatic carbocycles. The maximum atomic E-state index is 12.3. The van der Waals surface area contributed by atoms with E-state index >= 15 is 0 Å². The van der Waals surface area contributed by atoms with Crippen LogP contribution in [0.4, 0.5) is 13.2 Å². The maximum absolute atomic E-state index is 12.3. The number of halogens is 3. The number of aryl methyl sites for hydroxylation is 2. The smallest absolute Gasteiger partial charge is 0.391 e. The average molecular weight is 290 g/mol. The van der Waals surface area contributed by atoms with Crippen LogP contribution in [0.1, 0.15) is 38.2 Å². The Morgan fingerprint density at radius 3 is 2.30 bits per heavy atom. The van der Waals surface area contributed by atoms with Crippen LogP contribution in [0.25, 0.3) is 0 Å². The van der Waals surface area contributed by atoms with Gasteiger partial charge in [-0.25, -0.2) is 4.98 Å². The van der Waals surface area contributed by atoms with Crippen molar-refractivity contribution in [2.45, 2.75) is 46.7 Å². The zero-order valence-electron chi connectivity index (χ0n) is 12.3. The van der Waals surface area contributed by atoms with Crippen molar-refractivity contribution in [3.8, 4) is 5.88 Å². The van der Waals surface area contributed by atoms with Crippen LogP contribution in [0.15, 0.2) is 6.07 Å². The monoisotopic (exact) mass is 290 g/mol. The summed E-state index contributed by atoms with van der Waals surface area (Å²) in [6, 6.07) is 1.69. The molecule has 1 aromatic rings. The first-order valence-electron chi connectivity index (χ1n) is 6.86. The van der Waals surface area contributed by atoms with E-state index in [9.17, 15) is 13.2 Å². The highest BCUT2D eigenvalue weighted by Gasteiger charge is 2.47. The Hall–Kier alpha value is -1.33. The molecule has 114 valence electrons. The predicted molar refractivity (Wildman–Crippen MR) is 70.6 cm³/mol. The Balaban J connectivity index is 0.000000956. The van der Waals surface area contributed by atoms with E-state index in [1.54, 1.807) is 13.0 Å². The second-order valence-electron chi connectivity index (χ2n) is 4.78. The van der Waals surface area contributed by atoms with E-state index < -0.39 is 12.1 Å². The summed E-state index contributed by atoms with van der Waals surface area (Å²) in [5, 5.41) is 0. The van der Waals surface area contributed by atoms with E-state index in [2.05, 4.69) is 9.97 Å². The van der Waals surface area contributed by atoms with Crippen LogP contribution in [-0.4, -0.2) is 22.8 Å². The van der Waals surface area contributed by atoms with Crippen molar-refractivity contribution in [3.63, 3.8) is 0 Å². The molecule has 1 fully saturated rings. The molecule has 0 spiro atoms. The highest BCUT2D eigenvalue weighted by atomic mass is 19.4. The molecule has 0 aliphatic heterocycles. The van der Waals surface area contributed by atoms with Gasteiger partial charge in [0.15, 0.2) is 0 Å². The molecule has 0 saturated heterocycles. The van der Waals surface area contributed by atoms with Crippen molar-refractivity contribution < 1.29 is 17.9 Å². The number of nitrogens with zero attached hydrogens (tertiary/aromatic N) is 2. The minimum Gasteiger partial charge on any atom is -0.477 e. The van der Waals surface area contributed by atoms with Gasteiger partial charge in [0.1, 0.15) is 5.82 Å². The van der Waals surface area contributed by atoms with Crippen molar-refractivity contribution in [2.75, 3.05) is 6.61 Å². The van der Waals surface area contributed by atoms with Crippen molar-refractivity contribution in [3.05, 3.63) is 17.6 Å². The number of aromatic nitrogens is 2. The summed E-state index contributed by atoms with van der Waals surface area (Å²) >= 11 is 0. The minimum absolute atomic E-state index is 0.0211. The first kappa shape index (κ1) is 16.7. The summed E-state index contributed by atoms with van der Waals surface area (Å²) in [6.45, 7) is 7.87. The number of hydrogen-bond acceptors (Lipinski definition) is 3. The van der Waals surface area contributed by atoms with Gasteiger partial charge in [0, 0.05) is 11.8 Å². The van der Waals surface area contributed by atoms with Crippen LogP contribution in [0.2, 0.25) is 0 Å². The van der Waals surface area contributed by atoms with E-state index in [0.29, 0.717) is 18.3 Å². The molecule has 2 rings (SSSR count). The van der Waals surface area contributed by atoms with E-state index in [1.807, 2.05) is 20.8 Å². The number of ether oxygens (including phenoxy) is 1. The van der Waals surface area contributed by atoms with Crippen LogP contribution in [0, 0.1) is 25.7 Å². The first-order chi connectivity index (χ1) is 9.34. The predicted octanol–water partition coefficient (Wildman–Crippen LogP) is 4.09. The lowest BCUT2D eigenvalue weighted by Gasteiger charge is -2.36. The van der Waals surface area contributed by atoms with E-state index in [0.717, 1.165) is 5.69 Å². The van der Waals surface area contributed by atoms with Crippen LogP contribution in [0.5, 0.6) is 5.88 Å². The summed E-state index contributed by atoms with van der Waals surface area (Å²) in [7, 11) is 0. The molecule has 1 saturated carbocycles. The molecular formula is C14H21F3N2O. The van der Waals surface area contributed by atoms with Gasteiger partial charge in [0.25, 0.3) is 0 Å². The summed E-state index contributed by atoms with van der Waals surface area (Å²) in [5.41, 5.74) is 0.791. The summed E-state index contributed by atoms with van der Waals surface area (Å²) < 4.78 is 42.3. The summed E-state index contributed by atoms with van der Waals surface area (Å²) in [6.07, 6.45) is -3.74. The molecule has 0 atom stereocenters. The molecular weight excluding hydrogens is 269 g/mol. The van der Waals surface area contributed by atoms with Crippen LogP contribution in [0.3, 0.4) is 0 Å². The maximum Gasteiger partial charge on any atom is 0.391 e. The van der Waals surface area contributed by atoms with Crippen molar-refractivity contribution in [1.29, 1.82) is 0 Å². The second kappa shape index (κ2) is 6.90. The van der Waals surface area contributed by atoms with Gasteiger partial charge in [0.05, 0.1) is 12.5 Å². The van der Waals surface area contributed by atoms with Gasteiger partial charge in [-0.05, 0) is 32.6 Å². The average Bonchev–Trinajstić information content (AvgIpc) is 2.26. The number of rotatable bonds is 3. The quantitative estimate of drug-likeness (QED) is 0.841. The molecule has 6 heteroatoms. The fraction of sp³-hybridized carbons (Fsp3) is 0.714. The van der Waals surface area contributed by atoms with Crippen molar-refractivity contribution in [2.24, 2.45) is 11.8 Å². The zero-order chi connectivity index (χ0) is 15.3. The largest absolute Gasteiger partial charge is 0.477 e. The zero-order valence-corrected chi connectivity index (χ0v) is 12.3. The molecule has 1 aromatic heterocycles. The molecule has 0 radical (unpaired) electrons. The molecule has 1 aliphatic rings.